The summed E-state index contributed by atoms with van der Waals surface area (Å²) in [5.74, 6) is 0.813. The Morgan fingerprint density at radius 2 is 1.66 bits per heavy atom. The highest BCUT2D eigenvalue weighted by Gasteiger charge is 2.29. The van der Waals surface area contributed by atoms with Gasteiger partial charge in [-0.3, -0.25) is 9.59 Å². The number of anilines is 1. The van der Waals surface area contributed by atoms with Crippen LogP contribution in [0.1, 0.15) is 24.0 Å². The normalized spacial score (nSPS) is 16.0. The van der Waals surface area contributed by atoms with Gasteiger partial charge in [0.15, 0.2) is 5.75 Å². The maximum absolute atomic E-state index is 13.7. The number of fused-ring (bicyclic) bond motifs is 1. The molecule has 2 aliphatic rings. The van der Waals surface area contributed by atoms with Crippen LogP contribution in [0.25, 0.3) is 0 Å². The third kappa shape index (κ3) is 8.07. The Kier molecular flexibility index (Phi) is 10.8. The van der Waals surface area contributed by atoms with Crippen molar-refractivity contribution in [3.63, 3.8) is 0 Å². The van der Waals surface area contributed by atoms with Crippen LogP contribution in [0.3, 0.4) is 0 Å². The van der Waals surface area contributed by atoms with Crippen molar-refractivity contribution in [3.05, 3.63) is 87.9 Å². The van der Waals surface area contributed by atoms with Gasteiger partial charge >= 0.3 is 0 Å². The second-order valence-electron chi connectivity index (χ2n) is 10.5. The summed E-state index contributed by atoms with van der Waals surface area (Å²) in [6, 6.07) is 20.9. The van der Waals surface area contributed by atoms with Crippen LogP contribution >= 0.6 is 35.6 Å². The molecule has 3 aromatic rings. The zero-order valence-electron chi connectivity index (χ0n) is 22.9. The average molecular weight is 618 g/mol. The van der Waals surface area contributed by atoms with E-state index >= 15 is 0 Å². The highest BCUT2D eigenvalue weighted by atomic mass is 35.5. The lowest BCUT2D eigenvalue weighted by molar-refractivity contribution is -0.130. The van der Waals surface area contributed by atoms with Gasteiger partial charge in [0.2, 0.25) is 11.8 Å². The summed E-state index contributed by atoms with van der Waals surface area (Å²) in [6.07, 6.45) is 3.77. The van der Waals surface area contributed by atoms with E-state index in [0.29, 0.717) is 33.8 Å². The molecule has 7 nitrogen and oxygen atoms in total. The predicted molar refractivity (Wildman–Crippen MR) is 167 cm³/mol. The zero-order valence-corrected chi connectivity index (χ0v) is 25.3. The van der Waals surface area contributed by atoms with Crippen LogP contribution in [0, 0.1) is 0 Å². The third-order valence-electron chi connectivity index (χ3n) is 7.64. The first-order valence-corrected chi connectivity index (χ1v) is 14.4. The number of likely N-dealkylation sites (N-methyl/N-ethyl adjacent to an activating group) is 1. The van der Waals surface area contributed by atoms with Crippen LogP contribution in [0.15, 0.2) is 66.7 Å². The van der Waals surface area contributed by atoms with Gasteiger partial charge in [-0.2, -0.15) is 0 Å². The maximum Gasteiger partial charge on any atom is 0.242 e. The van der Waals surface area contributed by atoms with Crippen molar-refractivity contribution >= 4 is 53.1 Å². The number of benzene rings is 3. The van der Waals surface area contributed by atoms with Gasteiger partial charge in [0.05, 0.1) is 18.8 Å². The predicted octanol–water partition coefficient (Wildman–Crippen LogP) is 5.51. The van der Waals surface area contributed by atoms with E-state index in [2.05, 4.69) is 22.8 Å². The van der Waals surface area contributed by atoms with Crippen molar-refractivity contribution in [3.8, 4) is 11.5 Å². The summed E-state index contributed by atoms with van der Waals surface area (Å²) in [5.41, 5.74) is 3.11. The van der Waals surface area contributed by atoms with Crippen molar-refractivity contribution in [2.45, 2.75) is 37.8 Å². The van der Waals surface area contributed by atoms with Crippen molar-refractivity contribution in [2.75, 3.05) is 38.1 Å². The van der Waals surface area contributed by atoms with E-state index in [0.717, 1.165) is 32.2 Å². The summed E-state index contributed by atoms with van der Waals surface area (Å²) < 4.78 is 6.18. The molecular weight excluding hydrogens is 583 g/mol. The number of rotatable bonds is 10. The van der Waals surface area contributed by atoms with Gasteiger partial charge in [-0.1, -0.05) is 47.5 Å². The van der Waals surface area contributed by atoms with Crippen LogP contribution in [-0.2, 0) is 22.4 Å². The Morgan fingerprint density at radius 3 is 2.32 bits per heavy atom. The summed E-state index contributed by atoms with van der Waals surface area (Å²) in [7, 11) is 1.84. The summed E-state index contributed by atoms with van der Waals surface area (Å²) in [6.45, 7) is 1.49. The molecule has 0 aromatic heterocycles. The minimum atomic E-state index is -0.171. The number of ether oxygens (including phenoxy) is 1. The fourth-order valence-electron chi connectivity index (χ4n) is 5.36. The monoisotopic (exact) mass is 616 g/mol. The topological polar surface area (TPSA) is 73.9 Å². The molecule has 10 heteroatoms. The lowest BCUT2D eigenvalue weighted by atomic mass is 10.1. The van der Waals surface area contributed by atoms with Crippen LogP contribution in [0.5, 0.6) is 11.5 Å². The Bertz CT molecular complexity index is 1320. The van der Waals surface area contributed by atoms with Crippen molar-refractivity contribution in [1.82, 2.24) is 15.5 Å². The van der Waals surface area contributed by atoms with Crippen molar-refractivity contribution < 1.29 is 14.3 Å². The van der Waals surface area contributed by atoms with Gasteiger partial charge in [-0.25, -0.2) is 0 Å². The molecule has 1 fully saturated rings. The number of carbonyl (C=O) groups is 2. The Balaban J connectivity index is 0.00000387. The van der Waals surface area contributed by atoms with E-state index in [4.69, 9.17) is 27.9 Å². The fraction of sp³-hybridized carbons (Fsp3) is 0.355. The summed E-state index contributed by atoms with van der Waals surface area (Å²) in [4.78, 5) is 30.3. The lowest BCUT2D eigenvalue weighted by Crippen LogP contribution is -2.47. The third-order valence-corrected chi connectivity index (χ3v) is 8.13. The Morgan fingerprint density at radius 1 is 0.976 bits per heavy atom. The molecule has 1 heterocycles. The first-order valence-electron chi connectivity index (χ1n) is 13.7. The molecule has 3 aromatic carbocycles. The minimum absolute atomic E-state index is 0. The number of nitrogens with one attached hydrogen (secondary N) is 2. The molecule has 5 rings (SSSR count). The standard InChI is InChI=1S/C31H34Cl2N4O3.ClH/c1-36(26-15-21-5-2-3-6-22(21)16-26)31(39)20-37(19-30(38)35-18-25-7-4-14-34-25)28-17-24(33)10-13-29(28)40-27-11-8-23(32)9-12-27;/h2-3,5-6,8-13,17,25-26,34H,4,7,14-16,18-20H2,1H3,(H,35,38);1H/t25-;/m0./s1. The first kappa shape index (κ1) is 31.0. The van der Waals surface area contributed by atoms with Gasteiger partial charge in [0, 0.05) is 35.7 Å². The maximum atomic E-state index is 13.7. The van der Waals surface area contributed by atoms with E-state index in [1.165, 1.54) is 11.1 Å². The number of halogens is 3. The molecule has 0 bridgehead atoms. The van der Waals surface area contributed by atoms with Gasteiger partial charge in [0.25, 0.3) is 0 Å². The molecule has 1 atom stereocenters. The number of hydrogen-bond donors (Lipinski definition) is 2. The lowest BCUT2D eigenvalue weighted by Gasteiger charge is -2.30. The van der Waals surface area contributed by atoms with Gasteiger partial charge in [-0.15, -0.1) is 12.4 Å². The molecule has 0 saturated carbocycles. The highest BCUT2D eigenvalue weighted by Crippen LogP contribution is 2.35. The molecule has 218 valence electrons. The fourth-order valence-corrected chi connectivity index (χ4v) is 5.66. The van der Waals surface area contributed by atoms with Crippen molar-refractivity contribution in [2.24, 2.45) is 0 Å². The molecule has 0 unspecified atom stereocenters. The second kappa shape index (κ2) is 14.3. The number of hydrogen-bond acceptors (Lipinski definition) is 5. The van der Waals surface area contributed by atoms with Crippen LogP contribution < -0.4 is 20.3 Å². The molecule has 1 aliphatic heterocycles. The Hall–Kier alpha value is -2.97. The SMILES string of the molecule is CN(C(=O)CN(CC(=O)NC[C@@H]1CCCN1)c1cc(Cl)ccc1Oc1ccc(Cl)cc1)C1Cc2ccccc2C1.Cl. The van der Waals surface area contributed by atoms with Crippen LogP contribution in [-0.4, -0.2) is 62.0 Å². The smallest absolute Gasteiger partial charge is 0.242 e. The first-order chi connectivity index (χ1) is 19.4. The van der Waals surface area contributed by atoms with Crippen molar-refractivity contribution in [1.29, 1.82) is 0 Å². The molecule has 0 radical (unpaired) electrons. The molecule has 2 amide bonds. The molecule has 0 spiro atoms. The highest BCUT2D eigenvalue weighted by molar-refractivity contribution is 6.31. The molecule has 1 saturated heterocycles. The van der Waals surface area contributed by atoms with Gasteiger partial charge < -0.3 is 25.2 Å². The van der Waals surface area contributed by atoms with Gasteiger partial charge in [0.1, 0.15) is 5.75 Å². The van der Waals surface area contributed by atoms with Gasteiger partial charge in [-0.05, 0) is 85.8 Å². The number of nitrogens with zero attached hydrogens (tertiary/aromatic N) is 2. The molecular formula is C31H35Cl3N4O3. The van der Waals surface area contributed by atoms with E-state index < -0.39 is 0 Å². The average Bonchev–Trinajstić information content (AvgIpc) is 3.63. The Labute approximate surface area is 257 Å². The summed E-state index contributed by atoms with van der Waals surface area (Å²) in [5, 5.41) is 7.50. The van der Waals surface area contributed by atoms with E-state index in [1.807, 2.05) is 19.2 Å². The zero-order chi connectivity index (χ0) is 28.1. The number of amides is 2. The minimum Gasteiger partial charge on any atom is -0.455 e. The van der Waals surface area contributed by atoms with Crippen LogP contribution in [0.4, 0.5) is 5.69 Å². The molecule has 41 heavy (non-hydrogen) atoms. The molecule has 1 aliphatic carbocycles. The van der Waals surface area contributed by atoms with E-state index in [9.17, 15) is 9.59 Å². The molecule has 2 N–H and O–H groups in total. The largest absolute Gasteiger partial charge is 0.455 e. The second-order valence-corrected chi connectivity index (χ2v) is 11.3. The van der Waals surface area contributed by atoms with Crippen LogP contribution in [0.2, 0.25) is 10.0 Å². The number of carbonyl (C=O) groups excluding carboxylic acids is 2. The van der Waals surface area contributed by atoms with E-state index in [1.54, 1.807) is 52.3 Å². The summed E-state index contributed by atoms with van der Waals surface area (Å²) >= 11 is 12.5. The quantitative estimate of drug-likeness (QED) is 0.314. The van der Waals surface area contributed by atoms with E-state index in [-0.39, 0.29) is 49.4 Å².